The minimum absolute atomic E-state index is 0. The highest BCUT2D eigenvalue weighted by atomic mass is 35.5. The van der Waals surface area contributed by atoms with E-state index in [1.54, 1.807) is 4.90 Å². The quantitative estimate of drug-likeness (QED) is 0.714. The van der Waals surface area contributed by atoms with Crippen molar-refractivity contribution < 1.29 is 9.59 Å². The molecular formula is C15H27ClN4O2. The van der Waals surface area contributed by atoms with Crippen molar-refractivity contribution in [3.8, 4) is 0 Å². The van der Waals surface area contributed by atoms with Gasteiger partial charge in [0, 0.05) is 31.6 Å². The van der Waals surface area contributed by atoms with Crippen molar-refractivity contribution in [2.45, 2.75) is 38.6 Å². The zero-order valence-electron chi connectivity index (χ0n) is 13.2. The molecule has 3 rings (SSSR count). The second-order valence-corrected chi connectivity index (χ2v) is 6.64. The summed E-state index contributed by atoms with van der Waals surface area (Å²) >= 11 is 0. The molecule has 0 radical (unpaired) electrons. The van der Waals surface area contributed by atoms with Crippen molar-refractivity contribution >= 4 is 24.3 Å². The summed E-state index contributed by atoms with van der Waals surface area (Å²) in [4.78, 5) is 25.9. The van der Waals surface area contributed by atoms with Crippen molar-refractivity contribution in [2.75, 3.05) is 32.7 Å². The molecular weight excluding hydrogens is 304 g/mol. The van der Waals surface area contributed by atoms with Gasteiger partial charge in [0.1, 0.15) is 0 Å². The Bertz CT molecular complexity index is 426. The summed E-state index contributed by atoms with van der Waals surface area (Å²) in [6.07, 6.45) is 4.17. The van der Waals surface area contributed by atoms with Crippen molar-refractivity contribution in [3.63, 3.8) is 0 Å². The summed E-state index contributed by atoms with van der Waals surface area (Å²) in [6.45, 7) is 6.01. The zero-order valence-corrected chi connectivity index (χ0v) is 14.0. The number of likely N-dealkylation sites (tertiary alicyclic amines) is 1. The molecule has 2 saturated heterocycles. The van der Waals surface area contributed by atoms with E-state index in [0.717, 1.165) is 45.3 Å². The van der Waals surface area contributed by atoms with Gasteiger partial charge in [0.25, 0.3) is 0 Å². The number of piperidine rings is 1. The van der Waals surface area contributed by atoms with Gasteiger partial charge in [0.15, 0.2) is 0 Å². The third-order valence-corrected chi connectivity index (χ3v) is 5.26. The molecule has 2 unspecified atom stereocenters. The van der Waals surface area contributed by atoms with Crippen LogP contribution >= 0.6 is 12.4 Å². The smallest absolute Gasteiger partial charge is 0.317 e. The Labute approximate surface area is 138 Å². The van der Waals surface area contributed by atoms with E-state index in [-0.39, 0.29) is 41.7 Å². The molecule has 22 heavy (non-hydrogen) atoms. The maximum absolute atomic E-state index is 12.4. The summed E-state index contributed by atoms with van der Waals surface area (Å²) < 4.78 is 0. The van der Waals surface area contributed by atoms with Crippen LogP contribution in [0.1, 0.15) is 32.6 Å². The fourth-order valence-electron chi connectivity index (χ4n) is 3.82. The number of halogens is 1. The van der Waals surface area contributed by atoms with Crippen molar-refractivity contribution in [1.29, 1.82) is 0 Å². The average Bonchev–Trinajstić information content (AvgIpc) is 2.96. The van der Waals surface area contributed by atoms with E-state index in [4.69, 9.17) is 0 Å². The van der Waals surface area contributed by atoms with Gasteiger partial charge in [-0.15, -0.1) is 12.4 Å². The maximum atomic E-state index is 12.4. The molecule has 1 spiro atoms. The largest absolute Gasteiger partial charge is 0.351 e. The number of rotatable bonds is 3. The van der Waals surface area contributed by atoms with Crippen LogP contribution in [0.25, 0.3) is 0 Å². The van der Waals surface area contributed by atoms with Crippen molar-refractivity contribution in [3.05, 3.63) is 0 Å². The first-order valence-corrected chi connectivity index (χ1v) is 8.18. The summed E-state index contributed by atoms with van der Waals surface area (Å²) in [5.74, 6) is 0.415. The van der Waals surface area contributed by atoms with Gasteiger partial charge in [0.05, 0.1) is 0 Å². The SMILES string of the molecule is CCNC(=O)N1CCC(NC(=O)C2CC23CCNCC3)C1.Cl. The minimum atomic E-state index is -0.0181. The Balaban J connectivity index is 0.00000176. The first-order valence-electron chi connectivity index (χ1n) is 8.18. The molecule has 3 aliphatic rings. The molecule has 126 valence electrons. The summed E-state index contributed by atoms with van der Waals surface area (Å²) in [7, 11) is 0. The topological polar surface area (TPSA) is 73.5 Å². The van der Waals surface area contributed by atoms with Gasteiger partial charge in [-0.25, -0.2) is 4.79 Å². The molecule has 0 aromatic carbocycles. The number of hydrogen-bond donors (Lipinski definition) is 3. The van der Waals surface area contributed by atoms with E-state index < -0.39 is 0 Å². The van der Waals surface area contributed by atoms with E-state index in [1.165, 1.54) is 0 Å². The first-order chi connectivity index (χ1) is 10.1. The van der Waals surface area contributed by atoms with Gasteiger partial charge >= 0.3 is 6.03 Å². The van der Waals surface area contributed by atoms with Gasteiger partial charge in [-0.2, -0.15) is 0 Å². The molecule has 0 aromatic heterocycles. The third kappa shape index (κ3) is 3.49. The number of carbonyl (C=O) groups is 2. The van der Waals surface area contributed by atoms with E-state index in [1.807, 2.05) is 6.92 Å². The van der Waals surface area contributed by atoms with E-state index in [0.29, 0.717) is 13.1 Å². The molecule has 0 bridgehead atoms. The molecule has 2 heterocycles. The molecule has 0 aromatic rings. The lowest BCUT2D eigenvalue weighted by Crippen LogP contribution is -2.43. The first kappa shape index (κ1) is 17.3. The number of nitrogens with one attached hydrogen (secondary N) is 3. The van der Waals surface area contributed by atoms with Crippen LogP contribution in [-0.4, -0.2) is 55.6 Å². The molecule has 3 amide bonds. The van der Waals surface area contributed by atoms with Crippen molar-refractivity contribution in [1.82, 2.24) is 20.9 Å². The molecule has 7 heteroatoms. The molecule has 3 N–H and O–H groups in total. The monoisotopic (exact) mass is 330 g/mol. The molecule has 1 saturated carbocycles. The van der Waals surface area contributed by atoms with E-state index in [2.05, 4.69) is 16.0 Å². The van der Waals surface area contributed by atoms with Gasteiger partial charge < -0.3 is 20.9 Å². The van der Waals surface area contributed by atoms with E-state index >= 15 is 0 Å². The highest BCUT2D eigenvalue weighted by Crippen LogP contribution is 2.58. The van der Waals surface area contributed by atoms with Crippen LogP contribution in [0, 0.1) is 11.3 Å². The predicted molar refractivity (Wildman–Crippen MR) is 87.1 cm³/mol. The fraction of sp³-hybridized carbons (Fsp3) is 0.867. The van der Waals surface area contributed by atoms with Crippen LogP contribution in [0.4, 0.5) is 4.79 Å². The van der Waals surface area contributed by atoms with Gasteiger partial charge in [-0.05, 0) is 51.1 Å². The van der Waals surface area contributed by atoms with Gasteiger partial charge in [-0.1, -0.05) is 0 Å². The second-order valence-electron chi connectivity index (χ2n) is 6.64. The average molecular weight is 331 g/mol. The highest BCUT2D eigenvalue weighted by Gasteiger charge is 2.57. The number of nitrogens with zero attached hydrogens (tertiary/aromatic N) is 1. The van der Waals surface area contributed by atoms with Crippen LogP contribution in [-0.2, 0) is 4.79 Å². The number of hydrogen-bond acceptors (Lipinski definition) is 3. The summed E-state index contributed by atoms with van der Waals surface area (Å²) in [5.41, 5.74) is 0.285. The Hall–Kier alpha value is -1.01. The molecule has 6 nitrogen and oxygen atoms in total. The molecule has 2 aliphatic heterocycles. The summed E-state index contributed by atoms with van der Waals surface area (Å²) in [6, 6.07) is 0.106. The Morgan fingerprint density at radius 2 is 2.05 bits per heavy atom. The third-order valence-electron chi connectivity index (χ3n) is 5.26. The van der Waals surface area contributed by atoms with E-state index in [9.17, 15) is 9.59 Å². The highest BCUT2D eigenvalue weighted by molar-refractivity contribution is 5.85. The number of carbonyl (C=O) groups excluding carboxylic acids is 2. The Morgan fingerprint density at radius 3 is 2.73 bits per heavy atom. The lowest BCUT2D eigenvalue weighted by Gasteiger charge is -2.23. The Kier molecular flexibility index (Phi) is 5.55. The lowest BCUT2D eigenvalue weighted by atomic mass is 9.91. The van der Waals surface area contributed by atoms with Crippen molar-refractivity contribution in [2.24, 2.45) is 11.3 Å². The Morgan fingerprint density at radius 1 is 1.32 bits per heavy atom. The normalized spacial score (nSPS) is 28.9. The second kappa shape index (κ2) is 7.04. The van der Waals surface area contributed by atoms with Crippen LogP contribution in [0.2, 0.25) is 0 Å². The standard InChI is InChI=1S/C15H26N4O2.ClH/c1-2-17-14(21)19-8-3-11(10-19)18-13(20)12-9-15(12)4-6-16-7-5-15;/h11-12,16H,2-10H2,1H3,(H,17,21)(H,18,20);1H. The van der Waals surface area contributed by atoms with Gasteiger partial charge in [-0.3, -0.25) is 4.79 Å². The molecule has 2 atom stereocenters. The van der Waals surface area contributed by atoms with Gasteiger partial charge in [0.2, 0.25) is 5.91 Å². The fourth-order valence-corrected chi connectivity index (χ4v) is 3.82. The lowest BCUT2D eigenvalue weighted by molar-refractivity contribution is -0.123. The number of amides is 3. The molecule has 3 fully saturated rings. The number of urea groups is 1. The van der Waals surface area contributed by atoms with Crippen LogP contribution < -0.4 is 16.0 Å². The molecule has 1 aliphatic carbocycles. The van der Waals surface area contributed by atoms with Crippen LogP contribution in [0.5, 0.6) is 0 Å². The minimum Gasteiger partial charge on any atom is -0.351 e. The maximum Gasteiger partial charge on any atom is 0.317 e. The van der Waals surface area contributed by atoms with Crippen LogP contribution in [0.3, 0.4) is 0 Å². The zero-order chi connectivity index (χ0) is 14.9. The summed E-state index contributed by atoms with van der Waals surface area (Å²) in [5, 5.41) is 9.33. The van der Waals surface area contributed by atoms with Crippen LogP contribution in [0.15, 0.2) is 0 Å². The predicted octanol–water partition coefficient (Wildman–Crippen LogP) is 0.718.